The second-order valence-corrected chi connectivity index (χ2v) is 9.91. The van der Waals surface area contributed by atoms with E-state index in [2.05, 4.69) is 5.32 Å². The van der Waals surface area contributed by atoms with Crippen molar-refractivity contribution in [2.24, 2.45) is 34.4 Å². The Morgan fingerprint density at radius 1 is 1.03 bits per heavy atom. The number of nitrogens with one attached hydrogen (secondary N) is 1. The predicted octanol–water partition coefficient (Wildman–Crippen LogP) is 4.14. The molecular weight excluding hydrogens is 452 g/mol. The number of carbonyl (C=O) groups is 3. The molecule has 0 saturated heterocycles. The first-order chi connectivity index (χ1) is 17.2. The van der Waals surface area contributed by atoms with E-state index in [1.54, 1.807) is 7.05 Å². The highest BCUT2D eigenvalue weighted by Gasteiger charge is 2.39. The van der Waals surface area contributed by atoms with Crippen LogP contribution in [-0.4, -0.2) is 36.6 Å². The van der Waals surface area contributed by atoms with Crippen LogP contribution < -0.4 is 16.0 Å². The molecule has 0 aliphatic carbocycles. The van der Waals surface area contributed by atoms with Gasteiger partial charge in [0, 0.05) is 18.2 Å². The van der Waals surface area contributed by atoms with Gasteiger partial charge in [-0.3, -0.25) is 14.4 Å². The van der Waals surface area contributed by atoms with Crippen LogP contribution in [0.25, 0.3) is 0 Å². The number of primary amides is 1. The molecule has 2 aromatic rings. The van der Waals surface area contributed by atoms with Gasteiger partial charge in [-0.1, -0.05) is 89.1 Å². The fraction of sp³-hybridized carbons (Fsp3) is 0.448. The first-order valence-corrected chi connectivity index (χ1v) is 12.8. The number of anilines is 1. The number of hydrogen-bond acceptors (Lipinski definition) is 4. The van der Waals surface area contributed by atoms with Gasteiger partial charge in [0.05, 0.1) is 23.2 Å². The normalized spacial score (nSPS) is 17.3. The summed E-state index contributed by atoms with van der Waals surface area (Å²) < 4.78 is 0. The van der Waals surface area contributed by atoms with Crippen molar-refractivity contribution in [3.8, 4) is 0 Å². The average Bonchev–Trinajstić information content (AvgIpc) is 2.97. The van der Waals surface area contributed by atoms with Crippen LogP contribution in [0, 0.1) is 23.7 Å². The zero-order valence-corrected chi connectivity index (χ0v) is 21.9. The van der Waals surface area contributed by atoms with Crippen LogP contribution in [0.15, 0.2) is 59.6 Å². The number of aliphatic imine (C=N–C) groups is 1. The van der Waals surface area contributed by atoms with Crippen LogP contribution in [0.2, 0.25) is 0 Å². The Morgan fingerprint density at radius 3 is 2.22 bits per heavy atom. The molecule has 3 atom stereocenters. The maximum atomic E-state index is 13.8. The monoisotopic (exact) mass is 490 g/mol. The molecule has 0 radical (unpaired) electrons. The van der Waals surface area contributed by atoms with Crippen molar-refractivity contribution >= 4 is 29.1 Å². The van der Waals surface area contributed by atoms with Crippen molar-refractivity contribution < 1.29 is 14.4 Å². The summed E-state index contributed by atoms with van der Waals surface area (Å²) in [6.45, 7) is 8.04. The Kier molecular flexibility index (Phi) is 9.02. The quantitative estimate of drug-likeness (QED) is 0.523. The Morgan fingerprint density at radius 2 is 1.64 bits per heavy atom. The lowest BCUT2D eigenvalue weighted by Crippen LogP contribution is -2.51. The number of amides is 3. The molecule has 1 heterocycles. The molecule has 0 spiro atoms. The van der Waals surface area contributed by atoms with E-state index in [1.807, 2.05) is 82.3 Å². The Bertz CT molecular complexity index is 1110. The minimum absolute atomic E-state index is 0.0165. The van der Waals surface area contributed by atoms with Gasteiger partial charge in [0.15, 0.2) is 0 Å². The number of nitrogens with two attached hydrogens (primary N) is 1. The van der Waals surface area contributed by atoms with E-state index >= 15 is 0 Å². The zero-order valence-electron chi connectivity index (χ0n) is 21.9. The predicted molar refractivity (Wildman–Crippen MR) is 144 cm³/mol. The van der Waals surface area contributed by atoms with E-state index < -0.39 is 23.9 Å². The Hall–Kier alpha value is -3.48. The SMILES string of the molecule is CCC(CC)[C@H](C(N)=O)[C@@H](CC(C)C)C(=O)N[C@H]1N=C(c2ccccc2)c2ccccc2N(C)C1=O. The summed E-state index contributed by atoms with van der Waals surface area (Å²) in [5.74, 6) is -2.30. The maximum Gasteiger partial charge on any atom is 0.272 e. The summed E-state index contributed by atoms with van der Waals surface area (Å²) in [5, 5.41) is 2.89. The summed E-state index contributed by atoms with van der Waals surface area (Å²) >= 11 is 0. The third-order valence-corrected chi connectivity index (χ3v) is 7.05. The van der Waals surface area contributed by atoms with Crippen molar-refractivity contribution in [3.05, 3.63) is 65.7 Å². The number of fused-ring (bicyclic) bond motifs is 1. The summed E-state index contributed by atoms with van der Waals surface area (Å²) in [5.41, 5.74) is 8.84. The van der Waals surface area contributed by atoms with Crippen LogP contribution >= 0.6 is 0 Å². The molecule has 1 aliphatic heterocycles. The van der Waals surface area contributed by atoms with Gasteiger partial charge >= 0.3 is 0 Å². The van der Waals surface area contributed by atoms with Crippen LogP contribution in [-0.2, 0) is 14.4 Å². The zero-order chi connectivity index (χ0) is 26.4. The fourth-order valence-corrected chi connectivity index (χ4v) is 5.16. The summed E-state index contributed by atoms with van der Waals surface area (Å²) in [7, 11) is 1.69. The third-order valence-electron chi connectivity index (χ3n) is 7.05. The number of benzene rings is 2. The lowest BCUT2D eigenvalue weighted by Gasteiger charge is -2.32. The first kappa shape index (κ1) is 27.1. The summed E-state index contributed by atoms with van der Waals surface area (Å²) in [6, 6.07) is 17.2. The molecular formula is C29H38N4O3. The smallest absolute Gasteiger partial charge is 0.272 e. The number of hydrogen-bond donors (Lipinski definition) is 2. The lowest BCUT2D eigenvalue weighted by molar-refractivity contribution is -0.137. The van der Waals surface area contributed by atoms with Crippen molar-refractivity contribution in [1.29, 1.82) is 0 Å². The van der Waals surface area contributed by atoms with E-state index in [0.717, 1.165) is 24.0 Å². The number of rotatable bonds is 10. The van der Waals surface area contributed by atoms with Gasteiger partial charge in [-0.15, -0.1) is 0 Å². The lowest BCUT2D eigenvalue weighted by atomic mass is 9.74. The number of para-hydroxylation sites is 1. The Labute approximate surface area is 214 Å². The first-order valence-electron chi connectivity index (χ1n) is 12.8. The standard InChI is InChI=1S/C29H38N4O3/c1-6-19(7-2)24(26(30)34)22(17-18(3)4)28(35)32-27-29(36)33(5)23-16-12-11-15-21(23)25(31-27)20-13-9-8-10-14-20/h8-16,18-19,22,24,27H,6-7,17H2,1-5H3,(H2,30,34)(H,32,35)/t22-,24+,27-/m1/s1. The molecule has 36 heavy (non-hydrogen) atoms. The number of likely N-dealkylation sites (N-methyl/N-ethyl adjacent to an activating group) is 1. The van der Waals surface area contributed by atoms with Gasteiger partial charge in [0.25, 0.3) is 5.91 Å². The maximum absolute atomic E-state index is 13.8. The molecule has 3 N–H and O–H groups in total. The van der Waals surface area contributed by atoms with Crippen LogP contribution in [0.4, 0.5) is 5.69 Å². The topological polar surface area (TPSA) is 105 Å². The van der Waals surface area contributed by atoms with Gasteiger partial charge in [-0.2, -0.15) is 0 Å². The number of carbonyl (C=O) groups excluding carboxylic acids is 3. The molecule has 2 aromatic carbocycles. The highest BCUT2D eigenvalue weighted by molar-refractivity contribution is 6.20. The second-order valence-electron chi connectivity index (χ2n) is 9.91. The largest absolute Gasteiger partial charge is 0.369 e. The van der Waals surface area contributed by atoms with Gasteiger partial charge in [0.2, 0.25) is 18.0 Å². The highest BCUT2D eigenvalue weighted by Crippen LogP contribution is 2.32. The van der Waals surface area contributed by atoms with E-state index in [4.69, 9.17) is 10.7 Å². The Balaban J connectivity index is 2.05. The van der Waals surface area contributed by atoms with Gasteiger partial charge < -0.3 is 16.0 Å². The minimum Gasteiger partial charge on any atom is -0.369 e. The van der Waals surface area contributed by atoms with E-state index in [-0.39, 0.29) is 23.7 Å². The molecule has 3 rings (SSSR count). The van der Waals surface area contributed by atoms with Crippen molar-refractivity contribution in [3.63, 3.8) is 0 Å². The van der Waals surface area contributed by atoms with Gasteiger partial charge in [-0.25, -0.2) is 4.99 Å². The summed E-state index contributed by atoms with van der Waals surface area (Å²) in [4.78, 5) is 46.2. The molecule has 0 saturated carbocycles. The average molecular weight is 491 g/mol. The van der Waals surface area contributed by atoms with E-state index in [1.165, 1.54) is 4.90 Å². The molecule has 0 aromatic heterocycles. The van der Waals surface area contributed by atoms with E-state index in [0.29, 0.717) is 17.8 Å². The number of nitrogens with zero attached hydrogens (tertiary/aromatic N) is 2. The molecule has 192 valence electrons. The van der Waals surface area contributed by atoms with Crippen LogP contribution in [0.3, 0.4) is 0 Å². The molecule has 7 heteroatoms. The second kappa shape index (κ2) is 12.0. The highest BCUT2D eigenvalue weighted by atomic mass is 16.2. The fourth-order valence-electron chi connectivity index (χ4n) is 5.16. The van der Waals surface area contributed by atoms with Crippen LogP contribution in [0.1, 0.15) is 58.1 Å². The third kappa shape index (κ3) is 5.83. The molecule has 0 bridgehead atoms. The molecule has 1 aliphatic rings. The summed E-state index contributed by atoms with van der Waals surface area (Å²) in [6.07, 6.45) is 0.836. The number of benzodiazepines with no additional fused rings is 1. The van der Waals surface area contributed by atoms with Gasteiger partial charge in [0.1, 0.15) is 0 Å². The van der Waals surface area contributed by atoms with Gasteiger partial charge in [-0.05, 0) is 24.3 Å². The van der Waals surface area contributed by atoms with Crippen LogP contribution in [0.5, 0.6) is 0 Å². The van der Waals surface area contributed by atoms with Crippen molar-refractivity contribution in [1.82, 2.24) is 5.32 Å². The molecule has 7 nitrogen and oxygen atoms in total. The minimum atomic E-state index is -1.13. The van der Waals surface area contributed by atoms with Crippen molar-refractivity contribution in [2.45, 2.75) is 53.1 Å². The van der Waals surface area contributed by atoms with Crippen molar-refractivity contribution in [2.75, 3.05) is 11.9 Å². The molecule has 0 unspecified atom stereocenters. The molecule has 3 amide bonds. The van der Waals surface area contributed by atoms with E-state index in [9.17, 15) is 14.4 Å². The molecule has 0 fully saturated rings.